The summed E-state index contributed by atoms with van der Waals surface area (Å²) in [7, 11) is 0. The minimum atomic E-state index is -0.379. The lowest BCUT2D eigenvalue weighted by Gasteiger charge is -2.28. The highest BCUT2D eigenvalue weighted by Crippen LogP contribution is 2.32. The summed E-state index contributed by atoms with van der Waals surface area (Å²) in [5.74, 6) is 3.18. The fraction of sp³-hybridized carbons (Fsp3) is 0.281. The van der Waals surface area contributed by atoms with Crippen LogP contribution < -0.4 is 21.5 Å². The third kappa shape index (κ3) is 5.95. The molecule has 1 aliphatic carbocycles. The van der Waals surface area contributed by atoms with Gasteiger partial charge in [-0.2, -0.15) is 5.10 Å². The minimum Gasteiger partial charge on any atom is -0.457 e. The van der Waals surface area contributed by atoms with Crippen LogP contribution in [0.2, 0.25) is 0 Å². The average molecular weight is 550 g/mol. The number of amides is 1. The number of nitrogen functional groups attached to an aromatic ring is 1. The van der Waals surface area contributed by atoms with Gasteiger partial charge in [0.1, 0.15) is 17.3 Å². The first-order valence-corrected chi connectivity index (χ1v) is 14.2. The molecule has 1 atom stereocenters. The van der Waals surface area contributed by atoms with Gasteiger partial charge in [0.15, 0.2) is 5.82 Å². The summed E-state index contributed by atoms with van der Waals surface area (Å²) in [4.78, 5) is 21.8. The molecule has 1 saturated carbocycles. The fourth-order valence-electron chi connectivity index (χ4n) is 5.64. The van der Waals surface area contributed by atoms with Crippen LogP contribution in [0, 0.1) is 11.8 Å². The van der Waals surface area contributed by atoms with E-state index in [1.807, 2.05) is 79.0 Å². The SMILES string of the molecule is NCC1CCC(C(=O)NC(Cc2ccccc2Oc2ccccc2)c2nc(-c3ccc4c(N)n[nH]c4c3)c[nH]2)CC1. The van der Waals surface area contributed by atoms with Crippen LogP contribution in [0.15, 0.2) is 79.0 Å². The summed E-state index contributed by atoms with van der Waals surface area (Å²) in [6, 6.07) is 23.1. The monoisotopic (exact) mass is 549 g/mol. The molecule has 2 heterocycles. The number of carbonyl (C=O) groups excluding carboxylic acids is 1. The Labute approximate surface area is 238 Å². The third-order valence-corrected chi connectivity index (χ3v) is 8.05. The molecule has 2 aromatic heterocycles. The maximum absolute atomic E-state index is 13.5. The topological polar surface area (TPSA) is 148 Å². The Hall–Kier alpha value is -4.63. The van der Waals surface area contributed by atoms with Crippen molar-refractivity contribution < 1.29 is 9.53 Å². The number of H-pyrrole nitrogens is 2. The van der Waals surface area contributed by atoms with Gasteiger partial charge < -0.3 is 26.5 Å². The minimum absolute atomic E-state index is 0.0289. The van der Waals surface area contributed by atoms with Gasteiger partial charge >= 0.3 is 0 Å². The Bertz CT molecular complexity index is 1620. The van der Waals surface area contributed by atoms with Crippen molar-refractivity contribution in [3.8, 4) is 22.8 Å². The number of hydrogen-bond donors (Lipinski definition) is 5. The van der Waals surface area contributed by atoms with Crippen LogP contribution in [0.5, 0.6) is 11.5 Å². The Kier molecular flexibility index (Phi) is 7.69. The average Bonchev–Trinajstić information content (AvgIpc) is 3.65. The zero-order chi connectivity index (χ0) is 28.2. The van der Waals surface area contributed by atoms with Crippen molar-refractivity contribution in [1.82, 2.24) is 25.5 Å². The second kappa shape index (κ2) is 11.9. The lowest BCUT2D eigenvalue weighted by atomic mass is 9.81. The van der Waals surface area contributed by atoms with Crippen LogP contribution in [0.1, 0.15) is 43.1 Å². The van der Waals surface area contributed by atoms with Crippen LogP contribution in [0.4, 0.5) is 5.82 Å². The van der Waals surface area contributed by atoms with Crippen LogP contribution >= 0.6 is 0 Å². The Morgan fingerprint density at radius 2 is 1.80 bits per heavy atom. The lowest BCUT2D eigenvalue weighted by Crippen LogP contribution is -2.37. The molecule has 1 aliphatic rings. The van der Waals surface area contributed by atoms with Gasteiger partial charge in [-0.1, -0.05) is 42.5 Å². The molecule has 9 nitrogen and oxygen atoms in total. The van der Waals surface area contributed by atoms with E-state index >= 15 is 0 Å². The predicted octanol–water partition coefficient (Wildman–Crippen LogP) is 5.49. The number of aromatic nitrogens is 4. The van der Waals surface area contributed by atoms with Crippen molar-refractivity contribution in [2.24, 2.45) is 17.6 Å². The number of benzene rings is 3. The number of nitrogens with one attached hydrogen (secondary N) is 3. The van der Waals surface area contributed by atoms with Crippen molar-refractivity contribution in [2.45, 2.75) is 38.1 Å². The van der Waals surface area contributed by atoms with E-state index in [0.717, 1.165) is 64.9 Å². The predicted molar refractivity (Wildman–Crippen MR) is 160 cm³/mol. The van der Waals surface area contributed by atoms with E-state index in [-0.39, 0.29) is 17.9 Å². The van der Waals surface area contributed by atoms with Gasteiger partial charge in [0, 0.05) is 29.5 Å². The molecule has 1 unspecified atom stereocenters. The number of anilines is 1. The third-order valence-electron chi connectivity index (χ3n) is 8.05. The van der Waals surface area contributed by atoms with Gasteiger partial charge in [0.25, 0.3) is 0 Å². The molecule has 5 aromatic rings. The van der Waals surface area contributed by atoms with Gasteiger partial charge in [-0.3, -0.25) is 9.89 Å². The fourth-order valence-corrected chi connectivity index (χ4v) is 5.64. The van der Waals surface area contributed by atoms with E-state index in [0.29, 0.717) is 30.5 Å². The normalized spacial score (nSPS) is 17.8. The number of rotatable bonds is 9. The maximum atomic E-state index is 13.5. The molecule has 0 spiro atoms. The number of ether oxygens (including phenoxy) is 1. The number of nitrogens with two attached hydrogens (primary N) is 2. The first-order chi connectivity index (χ1) is 20.1. The molecular formula is C32H35N7O2. The number of para-hydroxylation sites is 2. The molecule has 0 saturated heterocycles. The van der Waals surface area contributed by atoms with Gasteiger partial charge in [0.2, 0.25) is 5.91 Å². The summed E-state index contributed by atoms with van der Waals surface area (Å²) in [5, 5.41) is 11.2. The van der Waals surface area contributed by atoms with Crippen LogP contribution in [0.3, 0.4) is 0 Å². The van der Waals surface area contributed by atoms with Crippen molar-refractivity contribution >= 4 is 22.6 Å². The molecular weight excluding hydrogens is 514 g/mol. The molecule has 7 N–H and O–H groups in total. The standard InChI is InChI=1S/C32H35N7O2/c33-18-20-10-12-21(13-11-20)32(40)37-27(17-23-6-4-5-9-29(23)41-24-7-2-1-3-8-24)31-35-19-28(36-31)22-14-15-25-26(16-22)38-39-30(25)34/h1-9,14-16,19-21,27H,10-13,17-18,33H2,(H,35,36)(H,37,40)(H3,34,38,39). The summed E-state index contributed by atoms with van der Waals surface area (Å²) in [5.41, 5.74) is 15.3. The second-order valence-electron chi connectivity index (χ2n) is 10.8. The molecule has 0 radical (unpaired) electrons. The van der Waals surface area contributed by atoms with E-state index in [1.165, 1.54) is 0 Å². The molecule has 0 aliphatic heterocycles. The molecule has 1 amide bonds. The molecule has 6 rings (SSSR count). The van der Waals surface area contributed by atoms with E-state index in [9.17, 15) is 4.79 Å². The first-order valence-electron chi connectivity index (χ1n) is 14.2. The van der Waals surface area contributed by atoms with Gasteiger partial charge in [-0.15, -0.1) is 0 Å². The molecule has 41 heavy (non-hydrogen) atoms. The zero-order valence-corrected chi connectivity index (χ0v) is 22.8. The number of nitrogens with zero attached hydrogens (tertiary/aromatic N) is 2. The van der Waals surface area contributed by atoms with E-state index in [1.54, 1.807) is 0 Å². The van der Waals surface area contributed by atoms with Crippen LogP contribution in [0.25, 0.3) is 22.2 Å². The van der Waals surface area contributed by atoms with E-state index in [2.05, 4.69) is 20.5 Å². The number of fused-ring (bicyclic) bond motifs is 1. The Morgan fingerprint density at radius 3 is 2.61 bits per heavy atom. The number of imidazole rings is 1. The smallest absolute Gasteiger partial charge is 0.223 e. The number of carbonyl (C=O) groups is 1. The van der Waals surface area contributed by atoms with Gasteiger partial charge in [0.05, 0.1) is 17.3 Å². The summed E-state index contributed by atoms with van der Waals surface area (Å²) in [6.45, 7) is 0.682. The van der Waals surface area contributed by atoms with Crippen LogP contribution in [-0.4, -0.2) is 32.6 Å². The highest BCUT2D eigenvalue weighted by atomic mass is 16.5. The van der Waals surface area contributed by atoms with Crippen LogP contribution in [-0.2, 0) is 11.2 Å². The molecule has 0 bridgehead atoms. The summed E-state index contributed by atoms with van der Waals surface area (Å²) >= 11 is 0. The number of aromatic amines is 2. The lowest BCUT2D eigenvalue weighted by molar-refractivity contribution is -0.127. The Morgan fingerprint density at radius 1 is 1.02 bits per heavy atom. The van der Waals surface area contributed by atoms with Crippen molar-refractivity contribution in [1.29, 1.82) is 0 Å². The van der Waals surface area contributed by atoms with E-state index in [4.69, 9.17) is 21.2 Å². The molecule has 9 heteroatoms. The van der Waals surface area contributed by atoms with Crippen molar-refractivity contribution in [3.63, 3.8) is 0 Å². The number of hydrogen-bond acceptors (Lipinski definition) is 6. The van der Waals surface area contributed by atoms with E-state index < -0.39 is 0 Å². The summed E-state index contributed by atoms with van der Waals surface area (Å²) < 4.78 is 6.23. The zero-order valence-electron chi connectivity index (χ0n) is 22.8. The molecule has 1 fully saturated rings. The Balaban J connectivity index is 1.28. The largest absolute Gasteiger partial charge is 0.457 e. The molecule has 210 valence electrons. The first kappa shape index (κ1) is 26.6. The molecule has 3 aromatic carbocycles. The quantitative estimate of drug-likeness (QED) is 0.164. The highest BCUT2D eigenvalue weighted by molar-refractivity contribution is 5.91. The van der Waals surface area contributed by atoms with Crippen molar-refractivity contribution in [3.05, 3.63) is 90.4 Å². The van der Waals surface area contributed by atoms with Gasteiger partial charge in [-0.05, 0) is 74.0 Å². The van der Waals surface area contributed by atoms with Gasteiger partial charge in [-0.25, -0.2) is 4.98 Å². The highest BCUT2D eigenvalue weighted by Gasteiger charge is 2.29. The van der Waals surface area contributed by atoms with Crippen molar-refractivity contribution in [2.75, 3.05) is 12.3 Å². The maximum Gasteiger partial charge on any atom is 0.223 e. The summed E-state index contributed by atoms with van der Waals surface area (Å²) in [6.07, 6.45) is 6.05. The second-order valence-corrected chi connectivity index (χ2v) is 10.8.